The van der Waals surface area contributed by atoms with Crippen LogP contribution in [0.1, 0.15) is 18.1 Å². The average molecular weight is 462 g/mol. The van der Waals surface area contributed by atoms with Crippen LogP contribution in [0.15, 0.2) is 46.6 Å². The van der Waals surface area contributed by atoms with E-state index >= 15 is 0 Å². The number of nitrogens with zero attached hydrogens (tertiary/aromatic N) is 2. The van der Waals surface area contributed by atoms with E-state index in [1.165, 1.54) is 6.08 Å². The van der Waals surface area contributed by atoms with Gasteiger partial charge >= 0.3 is 6.03 Å². The SMILES string of the molecule is CCOc1cc([N+](=O)[O-])cc(/C=C2/NC(=O)N(Cc3ccc(Br)cc3)C2=O)c1O. The summed E-state index contributed by atoms with van der Waals surface area (Å²) in [5, 5.41) is 23.9. The Morgan fingerprint density at radius 1 is 1.28 bits per heavy atom. The highest BCUT2D eigenvalue weighted by molar-refractivity contribution is 9.10. The summed E-state index contributed by atoms with van der Waals surface area (Å²) in [5.74, 6) is -1.06. The van der Waals surface area contributed by atoms with Crippen molar-refractivity contribution in [3.8, 4) is 11.5 Å². The normalized spacial score (nSPS) is 15.0. The molecule has 0 saturated carbocycles. The third-order valence-electron chi connectivity index (χ3n) is 4.12. The van der Waals surface area contributed by atoms with Gasteiger partial charge in [0.25, 0.3) is 11.6 Å². The van der Waals surface area contributed by atoms with E-state index in [1.54, 1.807) is 31.2 Å². The lowest BCUT2D eigenvalue weighted by Gasteiger charge is -2.11. The van der Waals surface area contributed by atoms with Gasteiger partial charge < -0.3 is 15.2 Å². The zero-order valence-electron chi connectivity index (χ0n) is 15.2. The molecular weight excluding hydrogens is 446 g/mol. The monoisotopic (exact) mass is 461 g/mol. The first-order valence-corrected chi connectivity index (χ1v) is 9.32. The van der Waals surface area contributed by atoms with Crippen molar-refractivity contribution in [1.29, 1.82) is 0 Å². The van der Waals surface area contributed by atoms with Crippen LogP contribution in [0.2, 0.25) is 0 Å². The van der Waals surface area contributed by atoms with Gasteiger partial charge in [-0.05, 0) is 30.7 Å². The summed E-state index contributed by atoms with van der Waals surface area (Å²) in [6.45, 7) is 1.90. The van der Waals surface area contributed by atoms with Crippen LogP contribution >= 0.6 is 15.9 Å². The maximum Gasteiger partial charge on any atom is 0.329 e. The fraction of sp³-hybridized carbons (Fsp3) is 0.158. The summed E-state index contributed by atoms with van der Waals surface area (Å²) in [6, 6.07) is 8.69. The van der Waals surface area contributed by atoms with Crippen LogP contribution in [-0.2, 0) is 11.3 Å². The highest BCUT2D eigenvalue weighted by Crippen LogP contribution is 2.36. The minimum absolute atomic E-state index is 0.0169. The van der Waals surface area contributed by atoms with E-state index < -0.39 is 16.9 Å². The summed E-state index contributed by atoms with van der Waals surface area (Å²) in [6.07, 6.45) is 1.19. The number of non-ortho nitro benzene ring substituents is 1. The van der Waals surface area contributed by atoms with Gasteiger partial charge in [-0.2, -0.15) is 0 Å². The van der Waals surface area contributed by atoms with Gasteiger partial charge in [0.2, 0.25) is 0 Å². The van der Waals surface area contributed by atoms with Crippen LogP contribution in [0.5, 0.6) is 11.5 Å². The Labute approximate surface area is 173 Å². The molecule has 1 aliphatic heterocycles. The number of aromatic hydroxyl groups is 1. The number of hydrogen-bond acceptors (Lipinski definition) is 6. The molecule has 2 aromatic rings. The number of phenols is 1. The molecule has 0 spiro atoms. The molecule has 0 radical (unpaired) electrons. The number of phenolic OH excluding ortho intramolecular Hbond substituents is 1. The molecule has 0 atom stereocenters. The fourth-order valence-electron chi connectivity index (χ4n) is 2.74. The number of nitro groups is 1. The Balaban J connectivity index is 1.92. The van der Waals surface area contributed by atoms with Gasteiger partial charge in [0.1, 0.15) is 5.70 Å². The zero-order valence-corrected chi connectivity index (χ0v) is 16.8. The number of carbonyl (C=O) groups excluding carboxylic acids is 2. The first-order chi connectivity index (χ1) is 13.8. The fourth-order valence-corrected chi connectivity index (χ4v) is 3.00. The highest BCUT2D eigenvalue weighted by atomic mass is 79.9. The van der Waals surface area contributed by atoms with Gasteiger partial charge in [0, 0.05) is 16.1 Å². The Morgan fingerprint density at radius 2 is 1.97 bits per heavy atom. The molecule has 150 valence electrons. The van der Waals surface area contributed by atoms with E-state index in [0.29, 0.717) is 0 Å². The van der Waals surface area contributed by atoms with Crippen molar-refractivity contribution in [2.24, 2.45) is 0 Å². The molecule has 0 aliphatic carbocycles. The van der Waals surface area contributed by atoms with Crippen LogP contribution in [0, 0.1) is 10.1 Å². The van der Waals surface area contributed by atoms with Gasteiger partial charge in [0.15, 0.2) is 11.5 Å². The largest absolute Gasteiger partial charge is 0.504 e. The van der Waals surface area contributed by atoms with Crippen LogP contribution in [0.3, 0.4) is 0 Å². The summed E-state index contributed by atoms with van der Waals surface area (Å²) >= 11 is 3.32. The minimum atomic E-state index is -0.640. The number of urea groups is 1. The van der Waals surface area contributed by atoms with Crippen molar-refractivity contribution in [3.63, 3.8) is 0 Å². The second kappa shape index (κ2) is 8.31. The number of nitro benzene ring substituents is 1. The second-order valence-corrected chi connectivity index (χ2v) is 6.99. The Morgan fingerprint density at radius 3 is 2.59 bits per heavy atom. The second-order valence-electron chi connectivity index (χ2n) is 6.08. The summed E-state index contributed by atoms with van der Waals surface area (Å²) < 4.78 is 6.09. The van der Waals surface area contributed by atoms with Crippen molar-refractivity contribution < 1.29 is 24.4 Å². The molecule has 9 nitrogen and oxygen atoms in total. The quantitative estimate of drug-likeness (QED) is 0.293. The molecule has 1 saturated heterocycles. The molecule has 1 heterocycles. The summed E-state index contributed by atoms with van der Waals surface area (Å²) in [7, 11) is 0. The van der Waals surface area contributed by atoms with Gasteiger partial charge in [0.05, 0.1) is 24.1 Å². The predicted molar refractivity (Wildman–Crippen MR) is 107 cm³/mol. The topological polar surface area (TPSA) is 122 Å². The van der Waals surface area contributed by atoms with Crippen molar-refractivity contribution in [2.45, 2.75) is 13.5 Å². The van der Waals surface area contributed by atoms with Crippen LogP contribution < -0.4 is 10.1 Å². The number of halogens is 1. The first kappa shape index (κ1) is 20.3. The third kappa shape index (κ3) is 4.37. The van der Waals surface area contributed by atoms with E-state index in [0.717, 1.165) is 27.1 Å². The lowest BCUT2D eigenvalue weighted by atomic mass is 10.1. The molecule has 1 aliphatic rings. The molecule has 3 rings (SSSR count). The molecule has 2 N–H and O–H groups in total. The lowest BCUT2D eigenvalue weighted by Crippen LogP contribution is -2.30. The molecule has 29 heavy (non-hydrogen) atoms. The van der Waals surface area contributed by atoms with Crippen molar-refractivity contribution in [3.05, 3.63) is 67.8 Å². The maximum absolute atomic E-state index is 12.7. The van der Waals surface area contributed by atoms with Gasteiger partial charge in [-0.1, -0.05) is 28.1 Å². The molecule has 3 amide bonds. The van der Waals surface area contributed by atoms with E-state index in [1.807, 2.05) is 0 Å². The Kier molecular flexibility index (Phi) is 5.83. The number of ether oxygens (including phenoxy) is 1. The number of carbonyl (C=O) groups is 2. The van der Waals surface area contributed by atoms with Crippen LogP contribution in [0.25, 0.3) is 6.08 Å². The number of benzene rings is 2. The number of hydrogen-bond donors (Lipinski definition) is 2. The number of nitrogens with one attached hydrogen (secondary N) is 1. The molecule has 10 heteroatoms. The predicted octanol–water partition coefficient (Wildman–Crippen LogP) is 3.55. The molecule has 0 aromatic heterocycles. The number of imide groups is 1. The smallest absolute Gasteiger partial charge is 0.329 e. The van der Waals surface area contributed by atoms with E-state index in [9.17, 15) is 24.8 Å². The van der Waals surface area contributed by atoms with Crippen LogP contribution in [0.4, 0.5) is 10.5 Å². The maximum atomic E-state index is 12.7. The summed E-state index contributed by atoms with van der Waals surface area (Å²) in [4.78, 5) is 36.4. The average Bonchev–Trinajstić information content (AvgIpc) is 2.94. The Hall–Kier alpha value is -3.40. The van der Waals surface area contributed by atoms with Crippen LogP contribution in [-0.4, -0.2) is 33.5 Å². The van der Waals surface area contributed by atoms with Gasteiger partial charge in [-0.15, -0.1) is 0 Å². The molecule has 1 fully saturated rings. The molecule has 0 unspecified atom stereocenters. The summed E-state index contributed by atoms with van der Waals surface area (Å²) in [5.41, 5.74) is 0.304. The van der Waals surface area contributed by atoms with E-state index in [4.69, 9.17) is 4.74 Å². The highest BCUT2D eigenvalue weighted by Gasteiger charge is 2.34. The van der Waals surface area contributed by atoms with Crippen molar-refractivity contribution in [2.75, 3.05) is 6.61 Å². The first-order valence-electron chi connectivity index (χ1n) is 8.53. The van der Waals surface area contributed by atoms with E-state index in [2.05, 4.69) is 21.2 Å². The minimum Gasteiger partial charge on any atom is -0.504 e. The van der Waals surface area contributed by atoms with Crippen molar-refractivity contribution >= 4 is 39.6 Å². The van der Waals surface area contributed by atoms with Gasteiger partial charge in [-0.3, -0.25) is 19.8 Å². The van der Waals surface area contributed by atoms with E-state index in [-0.39, 0.29) is 41.6 Å². The molecular formula is C19H16BrN3O6. The molecule has 2 aromatic carbocycles. The third-order valence-corrected chi connectivity index (χ3v) is 4.64. The van der Waals surface area contributed by atoms with Crippen molar-refractivity contribution in [1.82, 2.24) is 10.2 Å². The van der Waals surface area contributed by atoms with Gasteiger partial charge in [-0.25, -0.2) is 4.79 Å². The lowest BCUT2D eigenvalue weighted by molar-refractivity contribution is -0.385. The molecule has 0 bridgehead atoms. The standard InChI is InChI=1S/C19H16BrN3O6/c1-2-29-16-9-14(23(27)28)7-12(17(16)24)8-15-18(25)22(19(26)21-15)10-11-3-5-13(20)6-4-11/h3-9,24H,2,10H2,1H3,(H,21,26)/b15-8+. The number of rotatable bonds is 6. The number of amides is 3. The zero-order chi connectivity index (χ0) is 21.1. The Bertz CT molecular complexity index is 1020.